The number of amides is 1. The maximum Gasteiger partial charge on any atom is 0.239 e. The molecule has 6 nitrogen and oxygen atoms in total. The molecule has 1 amide bonds. The molecule has 1 aromatic heterocycles. The Bertz CT molecular complexity index is 580. The third-order valence-electron chi connectivity index (χ3n) is 4.86. The normalized spacial score (nSPS) is 20.3. The van der Waals surface area contributed by atoms with Gasteiger partial charge in [-0.3, -0.25) is 9.69 Å². The maximum atomic E-state index is 12.5. The van der Waals surface area contributed by atoms with E-state index in [2.05, 4.69) is 14.8 Å². The first kappa shape index (κ1) is 15.8. The number of anilines is 1. The maximum absolute atomic E-state index is 12.5. The van der Waals surface area contributed by atoms with Crippen LogP contribution in [0.15, 0.2) is 18.3 Å². The van der Waals surface area contributed by atoms with E-state index in [1.165, 1.54) is 0 Å². The summed E-state index contributed by atoms with van der Waals surface area (Å²) in [6, 6.07) is 5.70. The van der Waals surface area contributed by atoms with Crippen molar-refractivity contribution in [1.82, 2.24) is 14.8 Å². The lowest BCUT2D eigenvalue weighted by atomic mass is 10.2. The summed E-state index contributed by atoms with van der Waals surface area (Å²) < 4.78 is 0. The van der Waals surface area contributed by atoms with E-state index in [9.17, 15) is 4.79 Å². The van der Waals surface area contributed by atoms with Crippen LogP contribution < -0.4 is 4.90 Å². The van der Waals surface area contributed by atoms with Crippen LogP contribution in [0, 0.1) is 11.3 Å². The number of carbonyl (C=O) groups excluding carboxylic acids is 1. The number of piperazine rings is 1. The van der Waals surface area contributed by atoms with Gasteiger partial charge in [-0.25, -0.2) is 4.98 Å². The highest BCUT2D eigenvalue weighted by atomic mass is 16.2. The first-order valence-electron chi connectivity index (χ1n) is 8.33. The van der Waals surface area contributed by atoms with E-state index in [0.717, 1.165) is 57.8 Å². The fraction of sp³-hybridized carbons (Fsp3) is 0.588. The molecule has 2 fully saturated rings. The van der Waals surface area contributed by atoms with Gasteiger partial charge in [0.25, 0.3) is 0 Å². The molecule has 23 heavy (non-hydrogen) atoms. The fourth-order valence-corrected chi connectivity index (χ4v) is 3.36. The number of carbonyl (C=O) groups is 1. The predicted octanol–water partition coefficient (Wildman–Crippen LogP) is 1.09. The van der Waals surface area contributed by atoms with E-state index < -0.39 is 0 Å². The minimum Gasteiger partial charge on any atom is -0.368 e. The van der Waals surface area contributed by atoms with Crippen LogP contribution in [-0.2, 0) is 4.79 Å². The summed E-state index contributed by atoms with van der Waals surface area (Å²) in [4.78, 5) is 23.2. The monoisotopic (exact) mass is 313 g/mol. The van der Waals surface area contributed by atoms with Crippen molar-refractivity contribution in [2.75, 3.05) is 44.2 Å². The lowest BCUT2D eigenvalue weighted by Gasteiger charge is -2.39. The van der Waals surface area contributed by atoms with Gasteiger partial charge >= 0.3 is 0 Å². The molecular weight excluding hydrogens is 290 g/mol. The number of nitriles is 1. The molecule has 3 heterocycles. The quantitative estimate of drug-likeness (QED) is 0.836. The Morgan fingerprint density at radius 2 is 1.87 bits per heavy atom. The SMILES string of the molecule is CC(C(=O)N1CCCC1)N1CCN(c2ccc(C#N)nc2)CC1. The van der Waals surface area contributed by atoms with Crippen molar-refractivity contribution in [2.45, 2.75) is 25.8 Å². The summed E-state index contributed by atoms with van der Waals surface area (Å²) in [5.41, 5.74) is 1.49. The second-order valence-electron chi connectivity index (χ2n) is 6.24. The zero-order valence-corrected chi connectivity index (χ0v) is 13.6. The molecule has 6 heteroatoms. The van der Waals surface area contributed by atoms with Crippen molar-refractivity contribution in [3.63, 3.8) is 0 Å². The van der Waals surface area contributed by atoms with Crippen LogP contribution in [0.1, 0.15) is 25.5 Å². The molecule has 3 rings (SSSR count). The molecule has 1 atom stereocenters. The minimum atomic E-state index is -0.0330. The van der Waals surface area contributed by atoms with Crippen molar-refractivity contribution in [3.05, 3.63) is 24.0 Å². The number of nitrogens with zero attached hydrogens (tertiary/aromatic N) is 5. The Balaban J connectivity index is 1.55. The molecule has 0 saturated carbocycles. The van der Waals surface area contributed by atoms with E-state index in [1.807, 2.05) is 24.0 Å². The lowest BCUT2D eigenvalue weighted by molar-refractivity contribution is -0.135. The summed E-state index contributed by atoms with van der Waals surface area (Å²) in [5.74, 6) is 0.274. The van der Waals surface area contributed by atoms with Gasteiger partial charge in [0.05, 0.1) is 17.9 Å². The van der Waals surface area contributed by atoms with Gasteiger partial charge in [0.15, 0.2) is 0 Å². The molecule has 2 aliphatic rings. The first-order valence-corrected chi connectivity index (χ1v) is 8.33. The van der Waals surface area contributed by atoms with E-state index in [1.54, 1.807) is 12.3 Å². The van der Waals surface area contributed by atoms with Crippen LogP contribution >= 0.6 is 0 Å². The highest BCUT2D eigenvalue weighted by Gasteiger charge is 2.29. The molecule has 2 saturated heterocycles. The summed E-state index contributed by atoms with van der Waals surface area (Å²) in [7, 11) is 0. The second kappa shape index (κ2) is 6.97. The van der Waals surface area contributed by atoms with Crippen LogP contribution in [0.25, 0.3) is 0 Å². The van der Waals surface area contributed by atoms with Gasteiger partial charge < -0.3 is 9.80 Å². The smallest absolute Gasteiger partial charge is 0.239 e. The zero-order chi connectivity index (χ0) is 16.2. The predicted molar refractivity (Wildman–Crippen MR) is 88.0 cm³/mol. The molecule has 1 aromatic rings. The van der Waals surface area contributed by atoms with Gasteiger partial charge in [0, 0.05) is 39.3 Å². The number of rotatable bonds is 3. The van der Waals surface area contributed by atoms with E-state index in [-0.39, 0.29) is 11.9 Å². The van der Waals surface area contributed by atoms with Gasteiger partial charge in [-0.15, -0.1) is 0 Å². The van der Waals surface area contributed by atoms with Crippen LogP contribution in [0.5, 0.6) is 0 Å². The van der Waals surface area contributed by atoms with Crippen molar-refractivity contribution in [2.24, 2.45) is 0 Å². The van der Waals surface area contributed by atoms with Crippen molar-refractivity contribution in [1.29, 1.82) is 5.26 Å². The van der Waals surface area contributed by atoms with Crippen LogP contribution in [0.4, 0.5) is 5.69 Å². The summed E-state index contributed by atoms with van der Waals surface area (Å²) >= 11 is 0. The molecule has 2 aliphatic heterocycles. The molecule has 122 valence electrons. The number of likely N-dealkylation sites (tertiary alicyclic amines) is 1. The van der Waals surface area contributed by atoms with E-state index in [0.29, 0.717) is 5.69 Å². The first-order chi connectivity index (χ1) is 11.2. The van der Waals surface area contributed by atoms with Gasteiger partial charge in [-0.05, 0) is 31.9 Å². The number of aromatic nitrogens is 1. The molecule has 0 spiro atoms. The summed E-state index contributed by atoms with van der Waals surface area (Å²) in [6.07, 6.45) is 4.03. The fourth-order valence-electron chi connectivity index (χ4n) is 3.36. The Hall–Kier alpha value is -2.13. The van der Waals surface area contributed by atoms with Crippen LogP contribution in [-0.4, -0.2) is 66.0 Å². The molecule has 0 N–H and O–H groups in total. The zero-order valence-electron chi connectivity index (χ0n) is 13.6. The van der Waals surface area contributed by atoms with Gasteiger partial charge in [0.2, 0.25) is 5.91 Å². The third kappa shape index (κ3) is 3.45. The van der Waals surface area contributed by atoms with Crippen molar-refractivity contribution in [3.8, 4) is 6.07 Å². The lowest BCUT2D eigenvalue weighted by Crippen LogP contribution is -2.54. The summed E-state index contributed by atoms with van der Waals surface area (Å²) in [5, 5.41) is 8.81. The second-order valence-corrected chi connectivity index (χ2v) is 6.24. The number of pyridine rings is 1. The van der Waals surface area contributed by atoms with E-state index >= 15 is 0 Å². The topological polar surface area (TPSA) is 63.5 Å². The standard InChI is InChI=1S/C17H23N5O/c1-14(17(23)22-6-2-3-7-22)20-8-10-21(11-9-20)16-5-4-15(12-18)19-13-16/h4-5,13-14H,2-3,6-11H2,1H3. The largest absolute Gasteiger partial charge is 0.368 e. The highest BCUT2D eigenvalue weighted by Crippen LogP contribution is 2.18. The third-order valence-corrected chi connectivity index (χ3v) is 4.86. The Morgan fingerprint density at radius 1 is 1.17 bits per heavy atom. The number of hydrogen-bond acceptors (Lipinski definition) is 5. The molecule has 0 bridgehead atoms. The molecule has 0 aliphatic carbocycles. The highest BCUT2D eigenvalue weighted by molar-refractivity contribution is 5.81. The van der Waals surface area contributed by atoms with Gasteiger partial charge in [0.1, 0.15) is 11.8 Å². The van der Waals surface area contributed by atoms with Crippen molar-refractivity contribution < 1.29 is 4.79 Å². The average molecular weight is 313 g/mol. The van der Waals surface area contributed by atoms with E-state index in [4.69, 9.17) is 5.26 Å². The van der Waals surface area contributed by atoms with Gasteiger partial charge in [-0.1, -0.05) is 0 Å². The Morgan fingerprint density at radius 3 is 2.43 bits per heavy atom. The molecule has 0 aromatic carbocycles. The van der Waals surface area contributed by atoms with Gasteiger partial charge in [-0.2, -0.15) is 5.26 Å². The van der Waals surface area contributed by atoms with Crippen molar-refractivity contribution >= 4 is 11.6 Å². The number of hydrogen-bond donors (Lipinski definition) is 0. The molecular formula is C17H23N5O. The minimum absolute atomic E-state index is 0.0330. The summed E-state index contributed by atoms with van der Waals surface area (Å²) in [6.45, 7) is 7.37. The van der Waals surface area contributed by atoms with Crippen LogP contribution in [0.2, 0.25) is 0 Å². The molecule has 1 unspecified atom stereocenters. The van der Waals surface area contributed by atoms with Crippen LogP contribution in [0.3, 0.4) is 0 Å². The molecule has 0 radical (unpaired) electrons. The Kier molecular flexibility index (Phi) is 4.77. The Labute approximate surface area is 137 Å². The average Bonchev–Trinajstić information content (AvgIpc) is 3.15.